The van der Waals surface area contributed by atoms with Crippen LogP contribution in [0.3, 0.4) is 0 Å². The molecule has 34 heavy (non-hydrogen) atoms. The summed E-state index contributed by atoms with van der Waals surface area (Å²) < 4.78 is 19.8. The van der Waals surface area contributed by atoms with Crippen molar-refractivity contribution in [3.63, 3.8) is 0 Å². The van der Waals surface area contributed by atoms with Crippen LogP contribution < -0.4 is 4.52 Å². The van der Waals surface area contributed by atoms with Gasteiger partial charge >= 0.3 is 213 Å². The normalized spacial score (nSPS) is 12.2. The summed E-state index contributed by atoms with van der Waals surface area (Å²) in [5.41, 5.74) is 0. The fourth-order valence-corrected chi connectivity index (χ4v) is 6.99. The van der Waals surface area contributed by atoms with Crippen molar-refractivity contribution in [1.82, 2.24) is 0 Å². The topological polar surface area (TPSA) is 27.7 Å². The molecular formula is C30H57O3P. The van der Waals surface area contributed by atoms with Crippen molar-refractivity contribution < 1.29 is 13.6 Å². The minimum atomic E-state index is -2.76. The van der Waals surface area contributed by atoms with Gasteiger partial charge < -0.3 is 0 Å². The van der Waals surface area contributed by atoms with E-state index in [9.17, 15) is 0 Å². The van der Waals surface area contributed by atoms with Crippen LogP contribution in [0, 0.1) is 0 Å². The van der Waals surface area contributed by atoms with E-state index in [0.29, 0.717) is 0 Å². The Morgan fingerprint density at radius 3 is 1.38 bits per heavy atom. The van der Waals surface area contributed by atoms with Gasteiger partial charge in [-0.25, -0.2) is 0 Å². The first-order valence-corrected chi connectivity index (χ1v) is 16.7. The van der Waals surface area contributed by atoms with Crippen LogP contribution >= 0.6 is 7.94 Å². The molecule has 0 fully saturated rings. The van der Waals surface area contributed by atoms with Crippen molar-refractivity contribution in [2.24, 2.45) is 0 Å². The third-order valence-corrected chi connectivity index (χ3v) is 9.29. The zero-order valence-electron chi connectivity index (χ0n) is 23.0. The van der Waals surface area contributed by atoms with E-state index in [1.165, 1.54) is 96.3 Å². The standard InChI is InChI=1S/C30H57O3P/c1-4-7-10-13-16-22-27-31-34(29-24-18-15-12-9-6-3,33-30-25-20-19-21-26-30)32-28-23-17-14-11-8-5-2/h19-21,25-26,34H,4-18,22-24,27-29H2,1-3H3. The second kappa shape index (κ2) is 22.8. The molecule has 0 aromatic heterocycles. The van der Waals surface area contributed by atoms with Crippen molar-refractivity contribution in [1.29, 1.82) is 0 Å². The number of hydrogen-bond acceptors (Lipinski definition) is 3. The molecule has 0 aliphatic rings. The molecule has 0 atom stereocenters. The molecule has 1 aromatic carbocycles. The van der Waals surface area contributed by atoms with Gasteiger partial charge in [-0.3, -0.25) is 0 Å². The number of rotatable bonds is 25. The maximum atomic E-state index is 6.61. The average Bonchev–Trinajstić information content (AvgIpc) is 2.85. The molecule has 3 nitrogen and oxygen atoms in total. The van der Waals surface area contributed by atoms with Crippen molar-refractivity contribution in [3.8, 4) is 5.75 Å². The molecule has 200 valence electrons. The second-order valence-electron chi connectivity index (χ2n) is 9.85. The molecular weight excluding hydrogens is 439 g/mol. The van der Waals surface area contributed by atoms with Crippen LogP contribution in [0.25, 0.3) is 0 Å². The van der Waals surface area contributed by atoms with E-state index in [1.54, 1.807) is 0 Å². The van der Waals surface area contributed by atoms with Gasteiger partial charge in [0, 0.05) is 0 Å². The molecule has 0 bridgehead atoms. The first kappa shape index (κ1) is 31.4. The summed E-state index contributed by atoms with van der Waals surface area (Å²) in [7, 11) is -2.76. The number of hydrogen-bond donors (Lipinski definition) is 0. The third-order valence-electron chi connectivity index (χ3n) is 6.49. The summed E-state index contributed by atoms with van der Waals surface area (Å²) in [6.45, 7) is 8.34. The molecule has 0 unspecified atom stereocenters. The Labute approximate surface area is 213 Å². The van der Waals surface area contributed by atoms with E-state index >= 15 is 0 Å². The van der Waals surface area contributed by atoms with Gasteiger partial charge in [-0.1, -0.05) is 0 Å². The first-order chi connectivity index (χ1) is 16.8. The molecule has 0 aliphatic heterocycles. The van der Waals surface area contributed by atoms with Gasteiger partial charge in [0.15, 0.2) is 0 Å². The number of para-hydroxylation sites is 1. The van der Waals surface area contributed by atoms with Gasteiger partial charge in [0.1, 0.15) is 0 Å². The van der Waals surface area contributed by atoms with Crippen LogP contribution in [0.5, 0.6) is 5.75 Å². The summed E-state index contributed by atoms with van der Waals surface area (Å²) >= 11 is 0. The van der Waals surface area contributed by atoms with E-state index in [-0.39, 0.29) is 0 Å². The first-order valence-electron chi connectivity index (χ1n) is 14.8. The molecule has 4 heteroatoms. The molecule has 0 aliphatic carbocycles. The Kier molecular flexibility index (Phi) is 21.1. The molecule has 0 spiro atoms. The average molecular weight is 497 g/mol. The fourth-order valence-electron chi connectivity index (χ4n) is 4.31. The van der Waals surface area contributed by atoms with E-state index in [0.717, 1.165) is 44.4 Å². The molecule has 0 saturated carbocycles. The van der Waals surface area contributed by atoms with Crippen LogP contribution in [-0.4, -0.2) is 19.4 Å². The van der Waals surface area contributed by atoms with E-state index in [4.69, 9.17) is 13.6 Å². The molecule has 0 amide bonds. The fraction of sp³-hybridized carbons (Fsp3) is 0.800. The third kappa shape index (κ3) is 16.9. The molecule has 1 aromatic rings. The second-order valence-corrected chi connectivity index (χ2v) is 12.5. The number of benzene rings is 1. The van der Waals surface area contributed by atoms with Gasteiger partial charge in [-0.15, -0.1) is 0 Å². The van der Waals surface area contributed by atoms with Crippen molar-refractivity contribution in [2.75, 3.05) is 19.4 Å². The summed E-state index contributed by atoms with van der Waals surface area (Å²) in [6.07, 6.45) is 23.8. The molecule has 0 saturated heterocycles. The van der Waals surface area contributed by atoms with Crippen LogP contribution in [-0.2, 0) is 9.05 Å². The molecule has 0 heterocycles. The predicted octanol–water partition coefficient (Wildman–Crippen LogP) is 10.7. The Hall–Kier alpha value is -0.630. The van der Waals surface area contributed by atoms with Gasteiger partial charge in [0.25, 0.3) is 0 Å². The Morgan fingerprint density at radius 1 is 0.500 bits per heavy atom. The van der Waals surface area contributed by atoms with Crippen LogP contribution in [0.2, 0.25) is 0 Å². The maximum absolute atomic E-state index is 6.61. The van der Waals surface area contributed by atoms with E-state index in [2.05, 4.69) is 20.8 Å². The van der Waals surface area contributed by atoms with Gasteiger partial charge in [0.05, 0.1) is 0 Å². The van der Waals surface area contributed by atoms with Gasteiger partial charge in [-0.2, -0.15) is 0 Å². The summed E-state index contributed by atoms with van der Waals surface area (Å²) in [4.78, 5) is 0. The van der Waals surface area contributed by atoms with Crippen molar-refractivity contribution >= 4 is 7.94 Å². The molecule has 1 rings (SSSR count). The zero-order valence-corrected chi connectivity index (χ0v) is 24.0. The summed E-state index contributed by atoms with van der Waals surface area (Å²) in [6, 6.07) is 10.2. The predicted molar refractivity (Wildman–Crippen MR) is 152 cm³/mol. The molecule has 0 radical (unpaired) electrons. The van der Waals surface area contributed by atoms with Crippen LogP contribution in [0.1, 0.15) is 136 Å². The van der Waals surface area contributed by atoms with Gasteiger partial charge in [0.2, 0.25) is 0 Å². The zero-order chi connectivity index (χ0) is 24.6. The van der Waals surface area contributed by atoms with Crippen molar-refractivity contribution in [3.05, 3.63) is 30.3 Å². The van der Waals surface area contributed by atoms with Gasteiger partial charge in [-0.05, 0) is 0 Å². The minimum absolute atomic E-state index is 0.761. The summed E-state index contributed by atoms with van der Waals surface area (Å²) in [5, 5.41) is 0. The number of unbranched alkanes of at least 4 members (excludes halogenated alkanes) is 15. The van der Waals surface area contributed by atoms with E-state index < -0.39 is 7.94 Å². The summed E-state index contributed by atoms with van der Waals surface area (Å²) in [5.74, 6) is 0.894. The quantitative estimate of drug-likeness (QED) is 0.0995. The SMILES string of the molecule is CCCCCCCCO[PH](CCCCCCCC)(OCCCCCCCC)Oc1ccccc1. The Bertz CT molecular complexity index is 519. The van der Waals surface area contributed by atoms with Crippen molar-refractivity contribution in [2.45, 2.75) is 136 Å². The monoisotopic (exact) mass is 496 g/mol. The van der Waals surface area contributed by atoms with Crippen LogP contribution in [0.15, 0.2) is 30.3 Å². The molecule has 0 N–H and O–H groups in total. The van der Waals surface area contributed by atoms with E-state index in [1.807, 2.05) is 30.3 Å². The van der Waals surface area contributed by atoms with Crippen LogP contribution in [0.4, 0.5) is 0 Å². The Morgan fingerprint density at radius 2 is 0.912 bits per heavy atom. The Balaban J connectivity index is 2.67.